The molecule has 6 heteroatoms. The molecular weight excluding hydrogens is 252 g/mol. The summed E-state index contributed by atoms with van der Waals surface area (Å²) in [5.74, 6) is 0. The summed E-state index contributed by atoms with van der Waals surface area (Å²) in [5, 5.41) is 47.9. The number of aliphatic hydroxyl groups is 5. The molecule has 0 heterocycles. The van der Waals surface area contributed by atoms with Crippen molar-refractivity contribution in [2.45, 2.75) is 30.3 Å². The summed E-state index contributed by atoms with van der Waals surface area (Å²) in [4.78, 5) is 10.7. The van der Waals surface area contributed by atoms with Gasteiger partial charge in [0.2, 0.25) is 0 Å². The average Bonchev–Trinajstić information content (AvgIpc) is 2.45. The molecule has 0 bridgehead atoms. The van der Waals surface area contributed by atoms with E-state index in [2.05, 4.69) is 0 Å². The highest BCUT2D eigenvalue weighted by Gasteiger charge is 2.45. The average molecular weight is 270 g/mol. The van der Waals surface area contributed by atoms with Gasteiger partial charge in [0.15, 0.2) is 6.29 Å². The Morgan fingerprint density at radius 2 is 1.74 bits per heavy atom. The fourth-order valence-corrected chi connectivity index (χ4v) is 1.86. The van der Waals surface area contributed by atoms with Crippen molar-refractivity contribution in [1.29, 1.82) is 0 Å². The minimum absolute atomic E-state index is 0.0796. The summed E-state index contributed by atoms with van der Waals surface area (Å²) in [7, 11) is 0. The van der Waals surface area contributed by atoms with Crippen LogP contribution in [0.3, 0.4) is 0 Å². The number of aldehydes is 1. The Labute approximate surface area is 110 Å². The van der Waals surface area contributed by atoms with Crippen LogP contribution in [0.25, 0.3) is 0 Å². The van der Waals surface area contributed by atoms with E-state index >= 15 is 0 Å². The van der Waals surface area contributed by atoms with Crippen molar-refractivity contribution in [3.8, 4) is 0 Å². The van der Waals surface area contributed by atoms with Crippen molar-refractivity contribution >= 4 is 6.29 Å². The zero-order chi connectivity index (χ0) is 14.5. The second-order valence-electron chi connectivity index (χ2n) is 4.43. The van der Waals surface area contributed by atoms with Gasteiger partial charge in [0, 0.05) is 6.42 Å². The Bertz CT molecular complexity index is 395. The highest BCUT2D eigenvalue weighted by Crippen LogP contribution is 2.23. The summed E-state index contributed by atoms with van der Waals surface area (Å²) in [6, 6.07) is 8.41. The molecule has 0 aliphatic heterocycles. The van der Waals surface area contributed by atoms with E-state index in [-0.39, 0.29) is 12.7 Å². The number of carbonyl (C=O) groups excluding carboxylic acids is 1. The van der Waals surface area contributed by atoms with Crippen LogP contribution in [0.4, 0.5) is 0 Å². The molecule has 0 amide bonds. The molecule has 4 atom stereocenters. The van der Waals surface area contributed by atoms with Gasteiger partial charge in [0.1, 0.15) is 23.9 Å². The summed E-state index contributed by atoms with van der Waals surface area (Å²) in [6.45, 7) is -0.802. The van der Waals surface area contributed by atoms with Crippen LogP contribution in [0, 0.1) is 0 Å². The molecule has 0 saturated carbocycles. The number of carbonyl (C=O) groups is 1. The molecule has 0 radical (unpaired) electrons. The number of hydrogen-bond acceptors (Lipinski definition) is 6. The highest BCUT2D eigenvalue weighted by atomic mass is 16.4. The van der Waals surface area contributed by atoms with Crippen molar-refractivity contribution < 1.29 is 30.3 Å². The lowest BCUT2D eigenvalue weighted by molar-refractivity contribution is -0.180. The van der Waals surface area contributed by atoms with Crippen molar-refractivity contribution in [2.24, 2.45) is 0 Å². The van der Waals surface area contributed by atoms with Crippen LogP contribution in [0.5, 0.6) is 0 Å². The first-order valence-electron chi connectivity index (χ1n) is 5.82. The molecule has 0 saturated heterocycles. The van der Waals surface area contributed by atoms with Crippen LogP contribution < -0.4 is 0 Å². The third kappa shape index (κ3) is 3.59. The van der Waals surface area contributed by atoms with Crippen LogP contribution >= 0.6 is 0 Å². The van der Waals surface area contributed by atoms with Gasteiger partial charge < -0.3 is 30.3 Å². The molecule has 0 spiro atoms. The number of rotatable bonds is 7. The summed E-state index contributed by atoms with van der Waals surface area (Å²) in [5.41, 5.74) is -1.71. The minimum atomic E-state index is -2.27. The summed E-state index contributed by atoms with van der Waals surface area (Å²) >= 11 is 0. The SMILES string of the molecule is O=C[C@H](O)[C@](O)(Cc1ccccc1)[C@H](O)[C@H](O)CO. The first-order chi connectivity index (χ1) is 8.95. The molecular formula is C13H18O6. The molecule has 1 rings (SSSR count). The second-order valence-corrected chi connectivity index (χ2v) is 4.43. The number of benzene rings is 1. The van der Waals surface area contributed by atoms with Crippen LogP contribution in [0.2, 0.25) is 0 Å². The van der Waals surface area contributed by atoms with E-state index in [1.165, 1.54) is 0 Å². The molecule has 1 aromatic carbocycles. The minimum Gasteiger partial charge on any atom is -0.394 e. The van der Waals surface area contributed by atoms with Gasteiger partial charge in [-0.1, -0.05) is 30.3 Å². The lowest BCUT2D eigenvalue weighted by Gasteiger charge is -2.36. The van der Waals surface area contributed by atoms with Gasteiger partial charge >= 0.3 is 0 Å². The molecule has 106 valence electrons. The Morgan fingerprint density at radius 1 is 1.16 bits per heavy atom. The van der Waals surface area contributed by atoms with E-state index in [0.29, 0.717) is 5.56 Å². The fraction of sp³-hybridized carbons (Fsp3) is 0.462. The van der Waals surface area contributed by atoms with Crippen molar-refractivity contribution in [3.05, 3.63) is 35.9 Å². The maximum atomic E-state index is 10.7. The quantitative estimate of drug-likeness (QED) is 0.374. The first-order valence-corrected chi connectivity index (χ1v) is 5.82. The van der Waals surface area contributed by atoms with Gasteiger partial charge in [0.25, 0.3) is 0 Å². The zero-order valence-electron chi connectivity index (χ0n) is 10.3. The first kappa shape index (κ1) is 15.7. The Hall–Kier alpha value is -1.31. The molecule has 0 aromatic heterocycles. The predicted molar refractivity (Wildman–Crippen MR) is 66.3 cm³/mol. The van der Waals surface area contributed by atoms with Crippen LogP contribution in [0.1, 0.15) is 5.56 Å². The molecule has 19 heavy (non-hydrogen) atoms. The summed E-state index contributed by atoms with van der Waals surface area (Å²) < 4.78 is 0. The molecule has 0 fully saturated rings. The van der Waals surface area contributed by atoms with Crippen LogP contribution in [-0.4, -0.2) is 62.3 Å². The lowest BCUT2D eigenvalue weighted by atomic mass is 9.82. The Kier molecular flexibility index (Phi) is 5.59. The van der Waals surface area contributed by atoms with Gasteiger partial charge in [-0.05, 0) is 5.56 Å². The smallest absolute Gasteiger partial charge is 0.151 e. The third-order valence-electron chi connectivity index (χ3n) is 3.03. The second kappa shape index (κ2) is 6.74. The molecule has 0 aliphatic rings. The number of hydrogen-bond donors (Lipinski definition) is 5. The van der Waals surface area contributed by atoms with Crippen LogP contribution in [0.15, 0.2) is 30.3 Å². The third-order valence-corrected chi connectivity index (χ3v) is 3.03. The maximum absolute atomic E-state index is 10.7. The standard InChI is InChI=1S/C13H18O6/c14-7-10(16)12(18)13(19,11(17)8-15)6-9-4-2-1-3-5-9/h1-5,8,10-12,14,16-19H,6-7H2/t10-,11+,12-,13-/m1/s1. The maximum Gasteiger partial charge on any atom is 0.151 e. The molecule has 1 aromatic rings. The predicted octanol–water partition coefficient (Wildman–Crippen LogP) is -1.77. The molecule has 0 aliphatic carbocycles. The Morgan fingerprint density at radius 3 is 2.21 bits per heavy atom. The van der Waals surface area contributed by atoms with E-state index in [9.17, 15) is 25.2 Å². The van der Waals surface area contributed by atoms with E-state index in [4.69, 9.17) is 5.11 Å². The van der Waals surface area contributed by atoms with Gasteiger partial charge in [-0.25, -0.2) is 0 Å². The van der Waals surface area contributed by atoms with Gasteiger partial charge in [-0.15, -0.1) is 0 Å². The van der Waals surface area contributed by atoms with Gasteiger partial charge in [-0.3, -0.25) is 0 Å². The molecule has 0 unspecified atom stereocenters. The van der Waals surface area contributed by atoms with E-state index in [1.54, 1.807) is 30.3 Å². The van der Waals surface area contributed by atoms with Crippen molar-refractivity contribution in [2.75, 3.05) is 6.61 Å². The zero-order valence-corrected chi connectivity index (χ0v) is 10.3. The van der Waals surface area contributed by atoms with Crippen LogP contribution in [-0.2, 0) is 11.2 Å². The lowest BCUT2D eigenvalue weighted by Crippen LogP contribution is -2.59. The van der Waals surface area contributed by atoms with E-state index < -0.39 is 30.5 Å². The van der Waals surface area contributed by atoms with Crippen molar-refractivity contribution in [3.63, 3.8) is 0 Å². The topological polar surface area (TPSA) is 118 Å². The van der Waals surface area contributed by atoms with E-state index in [1.807, 2.05) is 0 Å². The number of aliphatic hydroxyl groups excluding tert-OH is 4. The van der Waals surface area contributed by atoms with Gasteiger partial charge in [0.05, 0.1) is 6.61 Å². The Balaban J connectivity index is 3.02. The largest absolute Gasteiger partial charge is 0.394 e. The van der Waals surface area contributed by atoms with Crippen molar-refractivity contribution in [1.82, 2.24) is 0 Å². The highest BCUT2D eigenvalue weighted by molar-refractivity contribution is 5.58. The van der Waals surface area contributed by atoms with E-state index in [0.717, 1.165) is 0 Å². The monoisotopic (exact) mass is 270 g/mol. The molecule has 5 N–H and O–H groups in total. The van der Waals surface area contributed by atoms with Gasteiger partial charge in [-0.2, -0.15) is 0 Å². The fourth-order valence-electron chi connectivity index (χ4n) is 1.86. The normalized spacial score (nSPS) is 19.2. The summed E-state index contributed by atoms with van der Waals surface area (Å²) in [6.07, 6.45) is -5.58. The molecule has 6 nitrogen and oxygen atoms in total.